The van der Waals surface area contributed by atoms with E-state index in [0.717, 1.165) is 15.7 Å². The van der Waals surface area contributed by atoms with Crippen LogP contribution in [0.2, 0.25) is 10.0 Å². The van der Waals surface area contributed by atoms with Gasteiger partial charge in [0.25, 0.3) is 0 Å². The van der Waals surface area contributed by atoms with E-state index in [0.29, 0.717) is 5.02 Å². The highest BCUT2D eigenvalue weighted by Crippen LogP contribution is 2.31. The van der Waals surface area contributed by atoms with Crippen LogP contribution in [0.4, 0.5) is 0 Å². The van der Waals surface area contributed by atoms with Crippen LogP contribution in [0.3, 0.4) is 0 Å². The predicted molar refractivity (Wildman–Crippen MR) is 81.1 cm³/mol. The Morgan fingerprint density at radius 3 is 2.61 bits per heavy atom. The van der Waals surface area contributed by atoms with E-state index in [1.165, 1.54) is 0 Å². The molecule has 0 fully saturated rings. The lowest BCUT2D eigenvalue weighted by atomic mass is 10.0. The maximum Gasteiger partial charge on any atom is 0.0783 e. The number of ether oxygens (including phenoxy) is 1. The van der Waals surface area contributed by atoms with Crippen molar-refractivity contribution in [1.82, 2.24) is 5.32 Å². The summed E-state index contributed by atoms with van der Waals surface area (Å²) in [5.41, 5.74) is -0.229. The summed E-state index contributed by atoms with van der Waals surface area (Å²) < 4.78 is 5.50. The fraction of sp³-hybridized carbons (Fsp3) is 0.538. The second-order valence-corrected chi connectivity index (χ2v) is 6.44. The minimum atomic E-state index is -0.229. The molecule has 5 heteroatoms. The average Bonchev–Trinajstić information content (AvgIpc) is 2.34. The lowest BCUT2D eigenvalue weighted by Gasteiger charge is -2.32. The van der Waals surface area contributed by atoms with Gasteiger partial charge in [-0.05, 0) is 39.1 Å². The van der Waals surface area contributed by atoms with Crippen molar-refractivity contribution < 1.29 is 4.74 Å². The normalized spacial score (nSPS) is 13.7. The first kappa shape index (κ1) is 16.1. The summed E-state index contributed by atoms with van der Waals surface area (Å²) in [6.07, 6.45) is 0. The van der Waals surface area contributed by atoms with Crippen LogP contribution in [0, 0.1) is 0 Å². The van der Waals surface area contributed by atoms with Crippen molar-refractivity contribution in [2.24, 2.45) is 0 Å². The third-order valence-corrected chi connectivity index (χ3v) is 4.84. The fourth-order valence-electron chi connectivity index (χ4n) is 1.53. The second-order valence-electron chi connectivity index (χ2n) is 4.53. The van der Waals surface area contributed by atoms with Gasteiger partial charge in [-0.3, -0.25) is 0 Å². The zero-order valence-corrected chi connectivity index (χ0v) is 13.4. The molecule has 102 valence electrons. The van der Waals surface area contributed by atoms with Gasteiger partial charge in [0.2, 0.25) is 0 Å². The van der Waals surface area contributed by atoms with Crippen molar-refractivity contribution in [3.63, 3.8) is 0 Å². The summed E-state index contributed by atoms with van der Waals surface area (Å²) in [5.74, 6) is 0.859. The highest BCUT2D eigenvalue weighted by atomic mass is 35.5. The Hall–Kier alpha value is 0.0700. The summed E-state index contributed by atoms with van der Waals surface area (Å²) in [4.78, 5) is 0.997. The Labute approximate surface area is 123 Å². The van der Waals surface area contributed by atoms with Crippen LogP contribution >= 0.6 is 35.0 Å². The number of methoxy groups -OCH3 is 1. The molecule has 0 saturated heterocycles. The molecule has 0 radical (unpaired) electrons. The highest BCUT2D eigenvalue weighted by Gasteiger charge is 2.28. The molecule has 0 aliphatic heterocycles. The molecular formula is C13H19Cl2NOS. The Kier molecular flexibility index (Phi) is 6.28. The molecule has 1 N–H and O–H groups in total. The molecule has 0 aliphatic rings. The number of rotatable bonds is 6. The third-order valence-electron chi connectivity index (χ3n) is 3.01. The molecule has 0 amide bonds. The molecule has 0 aliphatic carbocycles. The van der Waals surface area contributed by atoms with E-state index < -0.39 is 0 Å². The average molecular weight is 308 g/mol. The van der Waals surface area contributed by atoms with Crippen LogP contribution in [0.25, 0.3) is 0 Å². The summed E-state index contributed by atoms with van der Waals surface area (Å²) in [5, 5.41) is 4.71. The van der Waals surface area contributed by atoms with E-state index in [2.05, 4.69) is 19.2 Å². The number of thioether (sulfide) groups is 1. The third kappa shape index (κ3) is 4.32. The molecule has 1 aromatic carbocycles. The summed E-state index contributed by atoms with van der Waals surface area (Å²) >= 11 is 13.8. The monoisotopic (exact) mass is 307 g/mol. The van der Waals surface area contributed by atoms with Gasteiger partial charge < -0.3 is 10.1 Å². The maximum atomic E-state index is 6.14. The largest absolute Gasteiger partial charge is 0.377 e. The van der Waals surface area contributed by atoms with Gasteiger partial charge in [0.05, 0.1) is 10.6 Å². The van der Waals surface area contributed by atoms with Gasteiger partial charge in [-0.15, -0.1) is 11.8 Å². The van der Waals surface area contributed by atoms with Crippen molar-refractivity contribution in [3.8, 4) is 0 Å². The quantitative estimate of drug-likeness (QED) is 0.800. The van der Waals surface area contributed by atoms with Crippen LogP contribution in [-0.2, 0) is 4.74 Å². The van der Waals surface area contributed by atoms with Crippen molar-refractivity contribution >= 4 is 35.0 Å². The number of hydrogen-bond acceptors (Lipinski definition) is 3. The smallest absolute Gasteiger partial charge is 0.0783 e. The van der Waals surface area contributed by atoms with Crippen LogP contribution in [-0.4, -0.2) is 31.6 Å². The Morgan fingerprint density at radius 1 is 1.39 bits per heavy atom. The van der Waals surface area contributed by atoms with Crippen LogP contribution in [0.5, 0.6) is 0 Å². The first-order valence-electron chi connectivity index (χ1n) is 5.71. The van der Waals surface area contributed by atoms with E-state index in [-0.39, 0.29) is 11.6 Å². The topological polar surface area (TPSA) is 21.3 Å². The molecule has 0 bridgehead atoms. The molecule has 0 aromatic heterocycles. The lowest BCUT2D eigenvalue weighted by molar-refractivity contribution is -0.00155. The number of benzene rings is 1. The summed E-state index contributed by atoms with van der Waals surface area (Å²) in [6.45, 7) is 4.13. The van der Waals surface area contributed by atoms with E-state index in [9.17, 15) is 0 Å². The number of hydrogen-bond donors (Lipinski definition) is 1. The minimum Gasteiger partial charge on any atom is -0.377 e. The van der Waals surface area contributed by atoms with Crippen molar-refractivity contribution in [1.29, 1.82) is 0 Å². The molecule has 0 heterocycles. The molecule has 1 atom stereocenters. The van der Waals surface area contributed by atoms with Gasteiger partial charge in [-0.25, -0.2) is 0 Å². The molecule has 0 saturated carbocycles. The Morgan fingerprint density at radius 2 is 2.06 bits per heavy atom. The van der Waals surface area contributed by atoms with E-state index in [1.54, 1.807) is 24.9 Å². The first-order valence-corrected chi connectivity index (χ1v) is 7.45. The van der Waals surface area contributed by atoms with Gasteiger partial charge in [0.15, 0.2) is 0 Å². The minimum absolute atomic E-state index is 0.225. The zero-order valence-electron chi connectivity index (χ0n) is 11.1. The Bertz CT molecular complexity index is 399. The molecular weight excluding hydrogens is 289 g/mol. The maximum absolute atomic E-state index is 6.14. The molecule has 1 rings (SSSR count). The van der Waals surface area contributed by atoms with E-state index in [1.807, 2.05) is 19.2 Å². The number of nitrogens with one attached hydrogen (secondary N) is 1. The molecule has 18 heavy (non-hydrogen) atoms. The fourth-order valence-corrected chi connectivity index (χ4v) is 3.38. The highest BCUT2D eigenvalue weighted by molar-refractivity contribution is 7.99. The molecule has 1 aromatic rings. The number of halogens is 2. The summed E-state index contributed by atoms with van der Waals surface area (Å²) in [6, 6.07) is 5.73. The van der Waals surface area contributed by atoms with Crippen LogP contribution in [0.15, 0.2) is 23.1 Å². The molecule has 2 nitrogen and oxygen atoms in total. The molecule has 1 unspecified atom stereocenters. The van der Waals surface area contributed by atoms with Gasteiger partial charge >= 0.3 is 0 Å². The van der Waals surface area contributed by atoms with Crippen LogP contribution < -0.4 is 5.32 Å². The predicted octanol–water partition coefficient (Wildman–Crippen LogP) is 4.10. The van der Waals surface area contributed by atoms with Gasteiger partial charge in [0.1, 0.15) is 0 Å². The first-order chi connectivity index (χ1) is 8.40. The van der Waals surface area contributed by atoms with Crippen molar-refractivity contribution in [3.05, 3.63) is 28.2 Å². The summed E-state index contributed by atoms with van der Waals surface area (Å²) in [7, 11) is 3.66. The standard InChI is InChI=1S/C13H19Cl2NOS/c1-13(2,17-4)12(16-3)8-18-11-7-9(14)5-6-10(11)15/h5-7,12,16H,8H2,1-4H3. The van der Waals surface area contributed by atoms with Gasteiger partial charge in [-0.1, -0.05) is 23.2 Å². The number of likely N-dealkylation sites (N-methyl/N-ethyl adjacent to an activating group) is 1. The van der Waals surface area contributed by atoms with Crippen molar-refractivity contribution in [2.75, 3.05) is 19.9 Å². The SMILES string of the molecule is CNC(CSc1cc(Cl)ccc1Cl)C(C)(C)OC. The van der Waals surface area contributed by atoms with Crippen LogP contribution in [0.1, 0.15) is 13.8 Å². The second kappa shape index (κ2) is 7.01. The Balaban J connectivity index is 2.71. The zero-order chi connectivity index (χ0) is 13.8. The van der Waals surface area contributed by atoms with Gasteiger partial charge in [-0.2, -0.15) is 0 Å². The van der Waals surface area contributed by atoms with Gasteiger partial charge in [0, 0.05) is 28.8 Å². The van der Waals surface area contributed by atoms with E-state index in [4.69, 9.17) is 27.9 Å². The van der Waals surface area contributed by atoms with Crippen molar-refractivity contribution in [2.45, 2.75) is 30.4 Å². The molecule has 0 spiro atoms. The lowest BCUT2D eigenvalue weighted by Crippen LogP contribution is -2.48. The van der Waals surface area contributed by atoms with E-state index >= 15 is 0 Å².